The molecule has 0 fully saturated rings. The zero-order chi connectivity index (χ0) is 15.9. The zero-order valence-corrected chi connectivity index (χ0v) is 14.6. The summed E-state index contributed by atoms with van der Waals surface area (Å²) in [6.07, 6.45) is 1.66. The van der Waals surface area contributed by atoms with Crippen molar-refractivity contribution >= 4 is 28.7 Å². The molecular weight excluding hydrogens is 338 g/mol. The van der Waals surface area contributed by atoms with E-state index < -0.39 is 0 Å². The summed E-state index contributed by atoms with van der Waals surface area (Å²) in [5.74, 6) is 0.412. The van der Waals surface area contributed by atoms with E-state index in [1.165, 1.54) is 11.3 Å². The minimum Gasteiger partial charge on any atom is -1.00 e. The van der Waals surface area contributed by atoms with Crippen LogP contribution < -0.4 is 27.6 Å². The SMILES string of the molecule is CCOC(=O)c1sc(N/N=C/c2ccccc2OC)[nH+]c1C.[Cl-]. The van der Waals surface area contributed by atoms with Gasteiger partial charge < -0.3 is 21.9 Å². The smallest absolute Gasteiger partial charge is 0.357 e. The Morgan fingerprint density at radius 3 is 2.87 bits per heavy atom. The Hall–Kier alpha value is -2.12. The van der Waals surface area contributed by atoms with Crippen LogP contribution in [-0.4, -0.2) is 25.9 Å². The number of hydrazone groups is 1. The highest BCUT2D eigenvalue weighted by atomic mass is 35.5. The predicted octanol–water partition coefficient (Wildman–Crippen LogP) is -0.494. The Morgan fingerprint density at radius 2 is 2.17 bits per heavy atom. The molecule has 2 rings (SSSR count). The lowest BCUT2D eigenvalue weighted by molar-refractivity contribution is -0.364. The van der Waals surface area contributed by atoms with E-state index in [9.17, 15) is 4.79 Å². The van der Waals surface area contributed by atoms with Crippen molar-refractivity contribution in [3.05, 3.63) is 40.4 Å². The van der Waals surface area contributed by atoms with Gasteiger partial charge in [0.25, 0.3) is 0 Å². The van der Waals surface area contributed by atoms with Crippen LogP contribution >= 0.6 is 11.3 Å². The summed E-state index contributed by atoms with van der Waals surface area (Å²) in [6, 6.07) is 7.56. The molecular formula is C15H18ClN3O3S. The highest BCUT2D eigenvalue weighted by molar-refractivity contribution is 7.17. The third kappa shape index (κ3) is 4.94. The molecule has 0 saturated heterocycles. The molecule has 0 spiro atoms. The van der Waals surface area contributed by atoms with E-state index in [1.54, 1.807) is 20.2 Å². The van der Waals surface area contributed by atoms with E-state index in [0.29, 0.717) is 16.6 Å². The number of thiazole rings is 1. The highest BCUT2D eigenvalue weighted by Crippen LogP contribution is 2.20. The number of H-pyrrole nitrogens is 1. The average Bonchev–Trinajstić information content (AvgIpc) is 2.89. The molecule has 124 valence electrons. The largest absolute Gasteiger partial charge is 1.00 e. The van der Waals surface area contributed by atoms with Gasteiger partial charge in [0.1, 0.15) is 11.4 Å². The van der Waals surface area contributed by atoms with Gasteiger partial charge in [-0.25, -0.2) is 9.78 Å². The molecule has 0 bridgehead atoms. The number of aromatic amines is 1. The van der Waals surface area contributed by atoms with E-state index in [2.05, 4.69) is 15.5 Å². The van der Waals surface area contributed by atoms with Crippen molar-refractivity contribution in [1.29, 1.82) is 0 Å². The molecule has 1 heterocycles. The fraction of sp³-hybridized carbons (Fsp3) is 0.267. The molecule has 0 aliphatic heterocycles. The Morgan fingerprint density at radius 1 is 1.43 bits per heavy atom. The third-order valence-electron chi connectivity index (χ3n) is 2.82. The van der Waals surface area contributed by atoms with Crippen molar-refractivity contribution < 1.29 is 31.7 Å². The van der Waals surface area contributed by atoms with Crippen LogP contribution in [0.15, 0.2) is 29.4 Å². The number of ether oxygens (including phenoxy) is 2. The maximum absolute atomic E-state index is 11.7. The molecule has 2 aromatic rings. The molecule has 2 N–H and O–H groups in total. The molecule has 6 nitrogen and oxygen atoms in total. The molecule has 0 saturated carbocycles. The number of benzene rings is 1. The molecule has 8 heteroatoms. The van der Waals surface area contributed by atoms with Crippen LogP contribution in [0, 0.1) is 6.92 Å². The van der Waals surface area contributed by atoms with Crippen LogP contribution in [0.2, 0.25) is 0 Å². The number of para-hydroxylation sites is 1. The first-order chi connectivity index (χ1) is 10.7. The quantitative estimate of drug-likeness (QED) is 0.431. The summed E-state index contributed by atoms with van der Waals surface area (Å²) in [5, 5.41) is 4.81. The lowest BCUT2D eigenvalue weighted by Crippen LogP contribution is -3.00. The van der Waals surface area contributed by atoms with Gasteiger partial charge in [-0.3, -0.25) is 0 Å². The first-order valence-electron chi connectivity index (χ1n) is 6.77. The van der Waals surface area contributed by atoms with Crippen molar-refractivity contribution in [3.8, 4) is 5.75 Å². The maximum atomic E-state index is 11.7. The second-order valence-corrected chi connectivity index (χ2v) is 5.36. The summed E-state index contributed by atoms with van der Waals surface area (Å²) in [6.45, 7) is 3.95. The number of anilines is 1. The number of aromatic nitrogens is 1. The summed E-state index contributed by atoms with van der Waals surface area (Å²) in [4.78, 5) is 15.3. The van der Waals surface area contributed by atoms with Crippen molar-refractivity contribution in [2.75, 3.05) is 19.1 Å². The fourth-order valence-corrected chi connectivity index (χ4v) is 2.66. The Balaban J connectivity index is 0.00000264. The van der Waals surface area contributed by atoms with Crippen LogP contribution in [0.1, 0.15) is 27.9 Å². The fourth-order valence-electron chi connectivity index (χ4n) is 1.81. The normalized spacial score (nSPS) is 10.2. The summed E-state index contributed by atoms with van der Waals surface area (Å²) in [5.41, 5.74) is 4.48. The van der Waals surface area contributed by atoms with Gasteiger partial charge in [-0.05, 0) is 37.3 Å². The lowest BCUT2D eigenvalue weighted by Gasteiger charge is -2.01. The van der Waals surface area contributed by atoms with Gasteiger partial charge >= 0.3 is 11.1 Å². The minimum atomic E-state index is -0.331. The van der Waals surface area contributed by atoms with E-state index in [-0.39, 0.29) is 18.4 Å². The third-order valence-corrected chi connectivity index (χ3v) is 3.89. The maximum Gasteiger partial charge on any atom is 0.357 e. The number of nitrogens with one attached hydrogen (secondary N) is 2. The van der Waals surface area contributed by atoms with Crippen molar-refractivity contribution in [3.63, 3.8) is 0 Å². The van der Waals surface area contributed by atoms with Crippen molar-refractivity contribution in [1.82, 2.24) is 0 Å². The predicted molar refractivity (Wildman–Crippen MR) is 85.8 cm³/mol. The van der Waals surface area contributed by atoms with Crippen molar-refractivity contribution in [2.45, 2.75) is 13.8 Å². The molecule has 1 aromatic carbocycles. The summed E-state index contributed by atoms with van der Waals surface area (Å²) >= 11 is 1.27. The second-order valence-electron chi connectivity index (χ2n) is 4.34. The van der Waals surface area contributed by atoms with Crippen molar-refractivity contribution in [2.24, 2.45) is 5.10 Å². The van der Waals surface area contributed by atoms with Gasteiger partial charge in [0.05, 0.1) is 19.9 Å². The Bertz CT molecular complexity index is 688. The van der Waals surface area contributed by atoms with Gasteiger partial charge in [0.2, 0.25) is 0 Å². The zero-order valence-electron chi connectivity index (χ0n) is 13.1. The summed E-state index contributed by atoms with van der Waals surface area (Å²) < 4.78 is 10.2. The molecule has 0 aliphatic carbocycles. The number of carbonyl (C=O) groups excluding carboxylic acids is 1. The van der Waals surface area contributed by atoms with Crippen LogP contribution in [0.3, 0.4) is 0 Å². The Labute approximate surface area is 144 Å². The second kappa shape index (κ2) is 9.12. The number of nitrogens with zero attached hydrogens (tertiary/aromatic N) is 1. The molecule has 0 aliphatic rings. The highest BCUT2D eigenvalue weighted by Gasteiger charge is 2.19. The van der Waals surface area contributed by atoms with Gasteiger partial charge in [0.15, 0.2) is 4.88 Å². The molecule has 0 unspecified atom stereocenters. The van der Waals surface area contributed by atoms with E-state index in [0.717, 1.165) is 17.0 Å². The first-order valence-corrected chi connectivity index (χ1v) is 7.59. The van der Waals surface area contributed by atoms with E-state index >= 15 is 0 Å². The topological polar surface area (TPSA) is 74.1 Å². The minimum absolute atomic E-state index is 0. The molecule has 23 heavy (non-hydrogen) atoms. The average molecular weight is 356 g/mol. The van der Waals surface area contributed by atoms with Crippen LogP contribution in [0.4, 0.5) is 5.13 Å². The number of carbonyl (C=O) groups is 1. The lowest BCUT2D eigenvalue weighted by atomic mass is 10.2. The van der Waals surface area contributed by atoms with Gasteiger partial charge in [-0.2, -0.15) is 0 Å². The number of rotatable bonds is 6. The van der Waals surface area contributed by atoms with Crippen LogP contribution in [0.5, 0.6) is 5.75 Å². The number of hydrogen-bond donors (Lipinski definition) is 1. The number of aryl methyl sites for hydroxylation is 1. The monoisotopic (exact) mass is 355 g/mol. The standard InChI is InChI=1S/C15H17N3O3S.ClH/c1-4-21-14(19)13-10(2)17-15(22-13)18-16-9-11-7-5-6-8-12(11)20-3;/h5-9H,4H2,1-3H3,(H,17,18);1H/b16-9+;. The molecule has 0 atom stereocenters. The number of halogens is 1. The molecule has 0 amide bonds. The number of esters is 1. The summed E-state index contributed by atoms with van der Waals surface area (Å²) in [7, 11) is 1.61. The van der Waals surface area contributed by atoms with Gasteiger partial charge in [-0.15, -0.1) is 5.43 Å². The number of hydrogen-bond acceptors (Lipinski definition) is 6. The van der Waals surface area contributed by atoms with Gasteiger partial charge in [-0.1, -0.05) is 17.2 Å². The van der Waals surface area contributed by atoms with Gasteiger partial charge in [0, 0.05) is 5.56 Å². The Kier molecular flexibility index (Phi) is 7.50. The molecule has 0 radical (unpaired) electrons. The van der Waals surface area contributed by atoms with E-state index in [1.807, 2.05) is 31.2 Å². The van der Waals surface area contributed by atoms with E-state index in [4.69, 9.17) is 9.47 Å². The number of methoxy groups -OCH3 is 1. The molecule has 1 aromatic heterocycles. The van der Waals surface area contributed by atoms with Crippen LogP contribution in [0.25, 0.3) is 0 Å². The first kappa shape index (κ1) is 18.9. The van der Waals surface area contributed by atoms with Crippen LogP contribution in [-0.2, 0) is 4.74 Å².